The van der Waals surface area contributed by atoms with Crippen molar-refractivity contribution in [3.63, 3.8) is 0 Å². The molecule has 6 rings (SSSR count). The third-order valence-corrected chi connectivity index (χ3v) is 8.66. The molecule has 8 nitrogen and oxygen atoms in total. The van der Waals surface area contributed by atoms with Crippen LogP contribution in [0, 0.1) is 27.9 Å². The van der Waals surface area contributed by atoms with E-state index in [2.05, 4.69) is 32.9 Å². The third-order valence-electron chi connectivity index (χ3n) is 8.66. The monoisotopic (exact) mass is 577 g/mol. The number of para-hydroxylation sites is 1. The van der Waals surface area contributed by atoms with Gasteiger partial charge >= 0.3 is 0 Å². The summed E-state index contributed by atoms with van der Waals surface area (Å²) in [5, 5.41) is 16.6. The van der Waals surface area contributed by atoms with Crippen molar-refractivity contribution >= 4 is 35.1 Å². The van der Waals surface area contributed by atoms with Gasteiger partial charge in [-0.1, -0.05) is 87.5 Å². The van der Waals surface area contributed by atoms with Crippen molar-refractivity contribution in [2.24, 2.45) is 10.8 Å². The van der Waals surface area contributed by atoms with E-state index in [0.29, 0.717) is 46.7 Å². The van der Waals surface area contributed by atoms with Crippen molar-refractivity contribution < 1.29 is 19.0 Å². The summed E-state index contributed by atoms with van der Waals surface area (Å²) in [5.41, 5.74) is 4.28. The summed E-state index contributed by atoms with van der Waals surface area (Å²) in [5.74, 6) is -0.507. The number of anilines is 1. The van der Waals surface area contributed by atoms with Crippen LogP contribution in [0.5, 0.6) is 0 Å². The number of nitro benzene ring substituents is 1. The Morgan fingerprint density at radius 1 is 0.860 bits per heavy atom. The van der Waals surface area contributed by atoms with E-state index >= 15 is 0 Å². The fourth-order valence-corrected chi connectivity index (χ4v) is 6.94. The summed E-state index contributed by atoms with van der Waals surface area (Å²) in [6, 6.07) is 16.3. The maximum atomic E-state index is 14.2. The predicted octanol–water partition coefficient (Wildman–Crippen LogP) is 7.95. The van der Waals surface area contributed by atoms with Crippen LogP contribution < -0.4 is 4.90 Å². The second-order valence-corrected chi connectivity index (χ2v) is 13.4. The highest BCUT2D eigenvalue weighted by Gasteiger charge is 2.51. The zero-order valence-corrected chi connectivity index (χ0v) is 25.1. The normalized spacial score (nSPS) is 20.1. The van der Waals surface area contributed by atoms with Gasteiger partial charge in [-0.25, -0.2) is 0 Å². The van der Waals surface area contributed by atoms with Crippen LogP contribution >= 0.6 is 0 Å². The number of carbonyl (C=O) groups is 2. The molecule has 0 N–H and O–H groups in total. The highest BCUT2D eigenvalue weighted by atomic mass is 16.6. The van der Waals surface area contributed by atoms with Gasteiger partial charge in [0.05, 0.1) is 10.8 Å². The summed E-state index contributed by atoms with van der Waals surface area (Å²) in [6.45, 7) is 10.1. The first kappa shape index (κ1) is 28.5. The number of benzene rings is 2. The molecule has 0 saturated carbocycles. The number of allylic oxidation sites excluding steroid dienone is 4. The maximum absolute atomic E-state index is 14.2. The van der Waals surface area contributed by atoms with E-state index in [1.165, 1.54) is 6.07 Å². The maximum Gasteiger partial charge on any atom is 0.273 e. The minimum atomic E-state index is -0.821. The summed E-state index contributed by atoms with van der Waals surface area (Å²) in [4.78, 5) is 42.2. The Balaban J connectivity index is 1.66. The Bertz CT molecular complexity index is 1700. The number of aromatic nitrogens is 1. The number of aryl methyl sites for hydroxylation is 1. The summed E-state index contributed by atoms with van der Waals surface area (Å²) < 4.78 is 5.87. The molecule has 3 aromatic rings. The Hall–Kier alpha value is -4.59. The standard InChI is InChI=1S/C35H35N3O5/c1-21-33(29(43-36-21)16-15-22-11-7-6-8-12-22)37-25-17-34(2,3)19-27(39)31(25)30(23-13-9-10-14-24(23)38(41)42)32-26(37)18-35(4,5)20-28(32)40/h6-16,30H,17-20H2,1-5H3/b16-15+. The molecule has 0 spiro atoms. The number of nitro groups is 1. The minimum Gasteiger partial charge on any atom is -0.354 e. The third kappa shape index (κ3) is 5.05. The van der Waals surface area contributed by atoms with Gasteiger partial charge in [0.1, 0.15) is 11.4 Å². The highest BCUT2D eigenvalue weighted by molar-refractivity contribution is 6.09. The summed E-state index contributed by atoms with van der Waals surface area (Å²) >= 11 is 0. The zero-order valence-electron chi connectivity index (χ0n) is 25.1. The molecule has 0 radical (unpaired) electrons. The van der Waals surface area contributed by atoms with Crippen LogP contribution in [0.3, 0.4) is 0 Å². The molecular formula is C35H35N3O5. The fraction of sp³-hybridized carbons (Fsp3) is 0.343. The van der Waals surface area contributed by atoms with Gasteiger partial charge in [-0.05, 0) is 42.2 Å². The van der Waals surface area contributed by atoms with E-state index in [1.54, 1.807) is 18.2 Å². The summed E-state index contributed by atoms with van der Waals surface area (Å²) in [6.07, 6.45) is 5.46. The predicted molar refractivity (Wildman–Crippen MR) is 165 cm³/mol. The van der Waals surface area contributed by atoms with E-state index in [0.717, 1.165) is 17.0 Å². The van der Waals surface area contributed by atoms with Gasteiger partial charge in [0.2, 0.25) is 0 Å². The first-order valence-electron chi connectivity index (χ1n) is 14.6. The molecule has 0 atom stereocenters. The summed E-state index contributed by atoms with van der Waals surface area (Å²) in [7, 11) is 0. The van der Waals surface area contributed by atoms with E-state index in [4.69, 9.17) is 4.52 Å². The van der Waals surface area contributed by atoms with Crippen molar-refractivity contribution in [3.05, 3.63) is 110 Å². The van der Waals surface area contributed by atoms with Gasteiger partial charge in [-0.2, -0.15) is 0 Å². The van der Waals surface area contributed by atoms with E-state index in [-0.39, 0.29) is 40.9 Å². The van der Waals surface area contributed by atoms with Crippen LogP contribution in [-0.4, -0.2) is 21.6 Å². The molecule has 0 unspecified atom stereocenters. The molecule has 0 amide bonds. The quantitative estimate of drug-likeness (QED) is 0.224. The lowest BCUT2D eigenvalue weighted by Crippen LogP contribution is -2.45. The van der Waals surface area contributed by atoms with Crippen LogP contribution in [0.15, 0.2) is 81.7 Å². The SMILES string of the molecule is Cc1noc(/C=C/c2ccccc2)c1N1C2=C(C(=O)CC(C)(C)C2)C(c2ccccc2[N+](=O)[O-])C2=C1CC(C)(C)CC2=O. The second kappa shape index (κ2) is 10.3. The number of nitrogens with zero attached hydrogens (tertiary/aromatic N) is 3. The number of ketones is 2. The molecule has 0 saturated heterocycles. The topological polar surface area (TPSA) is 107 Å². The van der Waals surface area contributed by atoms with Crippen molar-refractivity contribution in [3.8, 4) is 0 Å². The van der Waals surface area contributed by atoms with Gasteiger partial charge in [-0.15, -0.1) is 0 Å². The number of rotatable bonds is 5. The molecule has 43 heavy (non-hydrogen) atoms. The van der Waals surface area contributed by atoms with Crippen LogP contribution in [-0.2, 0) is 9.59 Å². The average Bonchev–Trinajstić information content (AvgIpc) is 3.29. The second-order valence-electron chi connectivity index (χ2n) is 13.4. The van der Waals surface area contributed by atoms with Crippen LogP contribution in [0.2, 0.25) is 0 Å². The van der Waals surface area contributed by atoms with E-state index < -0.39 is 10.8 Å². The van der Waals surface area contributed by atoms with Crippen molar-refractivity contribution in [2.75, 3.05) is 4.90 Å². The van der Waals surface area contributed by atoms with Crippen molar-refractivity contribution in [2.45, 2.75) is 66.2 Å². The molecule has 2 aromatic carbocycles. The van der Waals surface area contributed by atoms with Gasteiger partial charge in [0, 0.05) is 47.0 Å². The number of Topliss-reactive ketones (excluding diaryl/α,β-unsaturated/α-hetero) is 2. The largest absolute Gasteiger partial charge is 0.354 e. The Kier molecular flexibility index (Phi) is 6.83. The van der Waals surface area contributed by atoms with Crippen molar-refractivity contribution in [1.82, 2.24) is 5.16 Å². The molecule has 0 bridgehead atoms. The first-order valence-corrected chi connectivity index (χ1v) is 14.6. The van der Waals surface area contributed by atoms with Gasteiger partial charge in [-0.3, -0.25) is 19.7 Å². The van der Waals surface area contributed by atoms with Gasteiger partial charge in [0.15, 0.2) is 17.3 Å². The zero-order chi connectivity index (χ0) is 30.7. The molecule has 3 aliphatic rings. The number of hydrogen-bond donors (Lipinski definition) is 0. The molecule has 8 heteroatoms. The van der Waals surface area contributed by atoms with E-state index in [1.807, 2.05) is 54.3 Å². The lowest BCUT2D eigenvalue weighted by Gasteiger charge is -2.48. The van der Waals surface area contributed by atoms with Crippen LogP contribution in [0.4, 0.5) is 11.4 Å². The average molecular weight is 578 g/mol. The highest BCUT2D eigenvalue weighted by Crippen LogP contribution is 2.57. The van der Waals surface area contributed by atoms with Crippen LogP contribution in [0.1, 0.15) is 81.9 Å². The molecule has 0 fully saturated rings. The molecular weight excluding hydrogens is 542 g/mol. The lowest BCUT2D eigenvalue weighted by molar-refractivity contribution is -0.385. The molecule has 2 heterocycles. The fourth-order valence-electron chi connectivity index (χ4n) is 6.94. The Morgan fingerprint density at radius 2 is 1.42 bits per heavy atom. The molecule has 1 aromatic heterocycles. The molecule has 220 valence electrons. The number of hydrogen-bond acceptors (Lipinski definition) is 7. The first-order chi connectivity index (χ1) is 20.4. The Morgan fingerprint density at radius 3 is 2.00 bits per heavy atom. The van der Waals surface area contributed by atoms with Gasteiger partial charge in [0.25, 0.3) is 5.69 Å². The minimum absolute atomic E-state index is 0.0949. The Labute approximate surface area is 250 Å². The smallest absolute Gasteiger partial charge is 0.273 e. The van der Waals surface area contributed by atoms with Gasteiger partial charge < -0.3 is 9.42 Å². The van der Waals surface area contributed by atoms with E-state index in [9.17, 15) is 19.7 Å². The van der Waals surface area contributed by atoms with Crippen LogP contribution in [0.25, 0.3) is 12.2 Å². The number of carbonyl (C=O) groups excluding carboxylic acids is 2. The van der Waals surface area contributed by atoms with Crippen molar-refractivity contribution in [1.29, 1.82) is 0 Å². The molecule has 1 aliphatic heterocycles. The lowest BCUT2D eigenvalue weighted by atomic mass is 9.63. The molecule has 2 aliphatic carbocycles.